The number of rotatable bonds is 6. The van der Waals surface area contributed by atoms with Gasteiger partial charge in [-0.05, 0) is 75.0 Å². The van der Waals surface area contributed by atoms with Crippen molar-refractivity contribution in [3.8, 4) is 11.8 Å². The highest BCUT2D eigenvalue weighted by atomic mass is 79.9. The lowest BCUT2D eigenvalue weighted by Crippen LogP contribution is -2.57. The average Bonchev–Trinajstić information content (AvgIpc) is 2.64. The Hall–Kier alpha value is -2.07. The van der Waals surface area contributed by atoms with Gasteiger partial charge in [0.15, 0.2) is 5.60 Å². The van der Waals surface area contributed by atoms with Gasteiger partial charge in [0.05, 0.1) is 23.9 Å². The summed E-state index contributed by atoms with van der Waals surface area (Å²) in [6.07, 6.45) is 4.29. The van der Waals surface area contributed by atoms with Gasteiger partial charge in [0.2, 0.25) is 0 Å². The number of amidine groups is 1. The minimum atomic E-state index is -1.03. The molecule has 0 amide bonds. The molecule has 154 valence electrons. The number of ether oxygens (including phenoxy) is 1. The van der Waals surface area contributed by atoms with Crippen LogP contribution in [0.15, 0.2) is 33.7 Å². The van der Waals surface area contributed by atoms with Crippen molar-refractivity contribution in [1.82, 2.24) is 0 Å². The van der Waals surface area contributed by atoms with Crippen molar-refractivity contribution < 1.29 is 14.6 Å². The zero-order valence-corrected chi connectivity index (χ0v) is 18.1. The number of carboxylic acid groups (broad SMARTS) is 1. The van der Waals surface area contributed by atoms with Crippen LogP contribution in [0, 0.1) is 34.5 Å². The zero-order valence-electron chi connectivity index (χ0n) is 16.5. The Morgan fingerprint density at radius 1 is 1.41 bits per heavy atom. The van der Waals surface area contributed by atoms with Crippen LogP contribution in [0.4, 0.5) is 0 Å². The number of hydrogen-bond donors (Lipinski definition) is 2. The second-order valence-corrected chi connectivity index (χ2v) is 10.1. The van der Waals surface area contributed by atoms with Gasteiger partial charge in [-0.1, -0.05) is 22.0 Å². The van der Waals surface area contributed by atoms with Gasteiger partial charge in [-0.2, -0.15) is 5.26 Å². The SMILES string of the molecule is CC(CC#N)(Oc1cccc(Br)c1)C(N)=NC1C2CC3CC1CC(C(=O)O)(C3)C2. The maximum Gasteiger partial charge on any atom is 0.309 e. The van der Waals surface area contributed by atoms with E-state index >= 15 is 0 Å². The van der Waals surface area contributed by atoms with Crippen molar-refractivity contribution in [2.75, 3.05) is 0 Å². The third-order valence-corrected chi connectivity index (χ3v) is 7.56. The summed E-state index contributed by atoms with van der Waals surface area (Å²) in [5.41, 5.74) is 4.84. The van der Waals surface area contributed by atoms with E-state index in [1.807, 2.05) is 24.3 Å². The van der Waals surface area contributed by atoms with Crippen molar-refractivity contribution in [2.45, 2.75) is 57.1 Å². The van der Waals surface area contributed by atoms with E-state index in [1.165, 1.54) is 0 Å². The second-order valence-electron chi connectivity index (χ2n) is 9.19. The quantitative estimate of drug-likeness (QED) is 0.490. The van der Waals surface area contributed by atoms with Crippen LogP contribution in [0.3, 0.4) is 0 Å². The highest BCUT2D eigenvalue weighted by molar-refractivity contribution is 9.10. The standard InChI is InChI=1S/C22H26BrN3O3/c1-21(5-6-24,29-17-4-2-3-16(23)9-17)19(25)26-18-14-7-13-8-15(18)12-22(10-13,11-14)20(27)28/h2-4,9,13-15,18H,5,7-8,10-12H2,1H3,(H2,25,26)(H,27,28). The van der Waals surface area contributed by atoms with E-state index in [4.69, 9.17) is 15.5 Å². The fourth-order valence-electron chi connectivity index (χ4n) is 5.89. The first-order chi connectivity index (χ1) is 13.7. The molecule has 4 bridgehead atoms. The molecular weight excluding hydrogens is 434 g/mol. The predicted octanol–water partition coefficient (Wildman–Crippen LogP) is 4.14. The fraction of sp³-hybridized carbons (Fsp3) is 0.591. The maximum absolute atomic E-state index is 11.9. The number of carbonyl (C=O) groups is 1. The molecule has 3 N–H and O–H groups in total. The van der Waals surface area contributed by atoms with Crippen LogP contribution in [-0.4, -0.2) is 28.6 Å². The van der Waals surface area contributed by atoms with Crippen LogP contribution >= 0.6 is 15.9 Å². The van der Waals surface area contributed by atoms with E-state index in [0.717, 1.165) is 23.7 Å². The van der Waals surface area contributed by atoms with Crippen LogP contribution in [0.1, 0.15) is 45.4 Å². The number of halogens is 1. The summed E-state index contributed by atoms with van der Waals surface area (Å²) in [6.45, 7) is 1.80. The summed E-state index contributed by atoms with van der Waals surface area (Å²) < 4.78 is 7.01. The molecular formula is C22H26BrN3O3. The third-order valence-electron chi connectivity index (χ3n) is 7.06. The molecule has 0 spiro atoms. The van der Waals surface area contributed by atoms with E-state index in [-0.39, 0.29) is 24.3 Å². The number of aliphatic imine (C=N–C) groups is 1. The Morgan fingerprint density at radius 3 is 2.69 bits per heavy atom. The molecule has 0 aromatic heterocycles. The number of aliphatic carboxylic acids is 1. The largest absolute Gasteiger partial charge is 0.481 e. The summed E-state index contributed by atoms with van der Waals surface area (Å²) in [5, 5.41) is 19.2. The van der Waals surface area contributed by atoms with Crippen LogP contribution in [-0.2, 0) is 4.79 Å². The fourth-order valence-corrected chi connectivity index (χ4v) is 6.27. The monoisotopic (exact) mass is 459 g/mol. The average molecular weight is 460 g/mol. The van der Waals surface area contributed by atoms with Crippen LogP contribution < -0.4 is 10.5 Å². The van der Waals surface area contributed by atoms with Crippen molar-refractivity contribution in [3.05, 3.63) is 28.7 Å². The summed E-state index contributed by atoms with van der Waals surface area (Å²) in [5.74, 6) is 1.26. The van der Waals surface area contributed by atoms with Crippen LogP contribution in [0.5, 0.6) is 5.75 Å². The molecule has 0 heterocycles. The normalized spacial score (nSPS) is 35.0. The molecule has 29 heavy (non-hydrogen) atoms. The molecule has 3 atom stereocenters. The second kappa shape index (κ2) is 7.32. The Morgan fingerprint density at radius 2 is 2.10 bits per heavy atom. The zero-order chi connectivity index (χ0) is 20.8. The molecule has 0 radical (unpaired) electrons. The number of nitrogens with zero attached hydrogens (tertiary/aromatic N) is 2. The lowest BCUT2D eigenvalue weighted by atomic mass is 9.48. The third kappa shape index (κ3) is 3.63. The summed E-state index contributed by atoms with van der Waals surface area (Å²) in [6, 6.07) is 9.62. The minimum Gasteiger partial charge on any atom is -0.481 e. The van der Waals surface area contributed by atoms with Crippen LogP contribution in [0.2, 0.25) is 0 Å². The topological polar surface area (TPSA) is 109 Å². The lowest BCUT2D eigenvalue weighted by Gasteiger charge is -2.57. The van der Waals surface area contributed by atoms with E-state index in [1.54, 1.807) is 6.92 Å². The number of carboxylic acids is 1. The Bertz CT molecular complexity index is 880. The first-order valence-corrected chi connectivity index (χ1v) is 10.9. The molecule has 1 aromatic rings. The van der Waals surface area contributed by atoms with Crippen molar-refractivity contribution >= 4 is 27.7 Å². The summed E-state index contributed by atoms with van der Waals surface area (Å²) >= 11 is 3.43. The molecule has 1 aromatic carbocycles. The Balaban J connectivity index is 1.59. The lowest BCUT2D eigenvalue weighted by molar-refractivity contribution is -0.166. The van der Waals surface area contributed by atoms with Gasteiger partial charge in [0.1, 0.15) is 11.6 Å². The molecule has 6 nitrogen and oxygen atoms in total. The smallest absolute Gasteiger partial charge is 0.309 e. The van der Waals surface area contributed by atoms with Crippen molar-refractivity contribution in [1.29, 1.82) is 5.26 Å². The van der Waals surface area contributed by atoms with Gasteiger partial charge >= 0.3 is 5.97 Å². The van der Waals surface area contributed by atoms with Gasteiger partial charge in [-0.15, -0.1) is 0 Å². The molecule has 0 saturated heterocycles. The van der Waals surface area contributed by atoms with E-state index in [2.05, 4.69) is 22.0 Å². The Labute approximate surface area is 179 Å². The first kappa shape index (κ1) is 20.2. The van der Waals surface area contributed by atoms with E-state index < -0.39 is 17.0 Å². The molecule has 4 fully saturated rings. The van der Waals surface area contributed by atoms with Crippen molar-refractivity contribution in [2.24, 2.45) is 33.9 Å². The maximum atomic E-state index is 11.9. The highest BCUT2D eigenvalue weighted by Gasteiger charge is 2.59. The number of hydrogen-bond acceptors (Lipinski definition) is 4. The minimum absolute atomic E-state index is 0.0168. The molecule has 5 rings (SSSR count). The molecule has 4 saturated carbocycles. The Kier molecular flexibility index (Phi) is 5.10. The van der Waals surface area contributed by atoms with Gasteiger partial charge in [-0.3, -0.25) is 9.79 Å². The number of nitrogens with two attached hydrogens (primary N) is 1. The van der Waals surface area contributed by atoms with Gasteiger partial charge in [-0.25, -0.2) is 0 Å². The predicted molar refractivity (Wildman–Crippen MR) is 112 cm³/mol. The molecule has 0 aliphatic heterocycles. The summed E-state index contributed by atoms with van der Waals surface area (Å²) in [7, 11) is 0. The molecule has 4 aliphatic rings. The highest BCUT2D eigenvalue weighted by Crippen LogP contribution is 2.61. The van der Waals surface area contributed by atoms with Crippen LogP contribution in [0.25, 0.3) is 0 Å². The number of nitriles is 1. The molecule has 7 heteroatoms. The first-order valence-electron chi connectivity index (χ1n) is 10.1. The number of benzene rings is 1. The van der Waals surface area contributed by atoms with E-state index in [9.17, 15) is 15.2 Å². The molecule has 3 unspecified atom stereocenters. The van der Waals surface area contributed by atoms with Gasteiger partial charge < -0.3 is 15.6 Å². The summed E-state index contributed by atoms with van der Waals surface area (Å²) in [4.78, 5) is 16.8. The van der Waals surface area contributed by atoms with E-state index in [0.29, 0.717) is 30.3 Å². The van der Waals surface area contributed by atoms with Crippen molar-refractivity contribution in [3.63, 3.8) is 0 Å². The van der Waals surface area contributed by atoms with Gasteiger partial charge in [0, 0.05) is 4.47 Å². The van der Waals surface area contributed by atoms with Gasteiger partial charge in [0.25, 0.3) is 0 Å². The molecule has 4 aliphatic carbocycles.